The predicted molar refractivity (Wildman–Crippen MR) is 113 cm³/mol. The molecule has 1 fully saturated rings. The number of piperidine rings is 1. The van der Waals surface area contributed by atoms with Crippen molar-refractivity contribution in [1.29, 1.82) is 0 Å². The Morgan fingerprint density at radius 3 is 2.69 bits per heavy atom. The maximum absolute atomic E-state index is 11.3. The van der Waals surface area contributed by atoms with Crippen LogP contribution in [-0.2, 0) is 19.4 Å². The molecule has 0 radical (unpaired) electrons. The molecule has 0 saturated carbocycles. The van der Waals surface area contributed by atoms with Crippen LogP contribution < -0.4 is 5.69 Å². The molecular weight excluding hydrogens is 386 g/mol. The second kappa shape index (κ2) is 7.61. The van der Waals surface area contributed by atoms with Crippen molar-refractivity contribution in [3.8, 4) is 0 Å². The van der Waals surface area contributed by atoms with Gasteiger partial charge in [0, 0.05) is 29.9 Å². The number of aromatic amines is 2. The van der Waals surface area contributed by atoms with Crippen molar-refractivity contribution in [2.75, 3.05) is 13.1 Å². The van der Waals surface area contributed by atoms with E-state index in [2.05, 4.69) is 38.3 Å². The van der Waals surface area contributed by atoms with Crippen LogP contribution in [0.4, 0.5) is 0 Å². The number of fused-ring (bicyclic) bond motifs is 2. The SMILES string of the molecule is O=c1[nH]nc(CN2CCC(=C3c4ccc(Cl)cc4CCc4cccnc43)CC2)[nH]1. The minimum Gasteiger partial charge on any atom is -0.295 e. The van der Waals surface area contributed by atoms with Gasteiger partial charge in [0.15, 0.2) is 0 Å². The largest absolute Gasteiger partial charge is 0.340 e. The molecule has 0 bridgehead atoms. The molecule has 29 heavy (non-hydrogen) atoms. The zero-order valence-corrected chi connectivity index (χ0v) is 16.8. The molecule has 0 spiro atoms. The molecular formula is C22H22ClN5O. The number of hydrogen-bond donors (Lipinski definition) is 2. The minimum absolute atomic E-state index is 0.253. The van der Waals surface area contributed by atoms with Crippen LogP contribution in [0.1, 0.15) is 41.1 Å². The molecule has 2 aromatic heterocycles. The van der Waals surface area contributed by atoms with Gasteiger partial charge in [0.05, 0.1) is 12.2 Å². The number of aryl methyl sites for hydroxylation is 2. The number of hydrogen-bond acceptors (Lipinski definition) is 4. The van der Waals surface area contributed by atoms with Crippen molar-refractivity contribution in [3.63, 3.8) is 0 Å². The molecule has 2 N–H and O–H groups in total. The third kappa shape index (κ3) is 3.66. The van der Waals surface area contributed by atoms with Crippen LogP contribution in [0.15, 0.2) is 46.9 Å². The van der Waals surface area contributed by atoms with E-state index in [9.17, 15) is 4.79 Å². The fraction of sp³-hybridized carbons (Fsp3) is 0.318. The van der Waals surface area contributed by atoms with Gasteiger partial charge in [0.1, 0.15) is 5.82 Å². The third-order valence-electron chi connectivity index (χ3n) is 5.87. The van der Waals surface area contributed by atoms with E-state index in [1.165, 1.54) is 27.8 Å². The third-order valence-corrected chi connectivity index (χ3v) is 6.10. The number of rotatable bonds is 2. The summed E-state index contributed by atoms with van der Waals surface area (Å²) in [5, 5.41) is 7.25. The van der Waals surface area contributed by atoms with E-state index < -0.39 is 0 Å². The van der Waals surface area contributed by atoms with E-state index in [1.54, 1.807) is 0 Å². The lowest BCUT2D eigenvalue weighted by Gasteiger charge is -2.29. The number of nitrogens with zero attached hydrogens (tertiary/aromatic N) is 3. The molecule has 3 aromatic rings. The zero-order valence-electron chi connectivity index (χ0n) is 16.0. The Balaban J connectivity index is 1.49. The summed E-state index contributed by atoms with van der Waals surface area (Å²) >= 11 is 6.30. The number of aromatic nitrogens is 4. The molecule has 1 saturated heterocycles. The van der Waals surface area contributed by atoms with Crippen molar-refractivity contribution in [3.05, 3.63) is 85.8 Å². The lowest BCUT2D eigenvalue weighted by atomic mass is 9.88. The number of H-pyrrole nitrogens is 2. The van der Waals surface area contributed by atoms with E-state index in [0.717, 1.165) is 49.5 Å². The van der Waals surface area contributed by atoms with Gasteiger partial charge in [-0.05, 0) is 60.6 Å². The molecule has 3 heterocycles. The first-order chi connectivity index (χ1) is 14.2. The van der Waals surface area contributed by atoms with Crippen LogP contribution in [0.3, 0.4) is 0 Å². The van der Waals surface area contributed by atoms with Crippen molar-refractivity contribution in [1.82, 2.24) is 25.1 Å². The van der Waals surface area contributed by atoms with Crippen LogP contribution in [-0.4, -0.2) is 38.2 Å². The summed E-state index contributed by atoms with van der Waals surface area (Å²) in [6, 6.07) is 10.5. The highest BCUT2D eigenvalue weighted by Crippen LogP contribution is 2.38. The van der Waals surface area contributed by atoms with Gasteiger partial charge in [-0.15, -0.1) is 0 Å². The van der Waals surface area contributed by atoms with Crippen LogP contribution in [0.25, 0.3) is 5.57 Å². The summed E-state index contributed by atoms with van der Waals surface area (Å²) < 4.78 is 0. The van der Waals surface area contributed by atoms with E-state index in [-0.39, 0.29) is 5.69 Å². The summed E-state index contributed by atoms with van der Waals surface area (Å²) in [5.74, 6) is 0.688. The summed E-state index contributed by atoms with van der Waals surface area (Å²) in [6.45, 7) is 2.51. The maximum Gasteiger partial charge on any atom is 0.340 e. The first kappa shape index (κ1) is 18.3. The summed E-state index contributed by atoms with van der Waals surface area (Å²) in [5.41, 5.74) is 7.48. The molecule has 148 valence electrons. The Kier molecular flexibility index (Phi) is 4.81. The molecule has 1 aromatic carbocycles. The van der Waals surface area contributed by atoms with E-state index >= 15 is 0 Å². The van der Waals surface area contributed by atoms with Crippen molar-refractivity contribution >= 4 is 17.2 Å². The fourth-order valence-electron chi connectivity index (χ4n) is 4.46. The Morgan fingerprint density at radius 1 is 1.07 bits per heavy atom. The van der Waals surface area contributed by atoms with Crippen LogP contribution in [0.5, 0.6) is 0 Å². The summed E-state index contributed by atoms with van der Waals surface area (Å²) in [7, 11) is 0. The van der Waals surface area contributed by atoms with Crippen LogP contribution in [0, 0.1) is 0 Å². The predicted octanol–water partition coefficient (Wildman–Crippen LogP) is 3.34. The number of pyridine rings is 1. The Morgan fingerprint density at radius 2 is 1.90 bits per heavy atom. The van der Waals surface area contributed by atoms with E-state index in [1.807, 2.05) is 18.3 Å². The Hall–Kier alpha value is -2.70. The molecule has 0 unspecified atom stereocenters. The van der Waals surface area contributed by atoms with Crippen molar-refractivity contribution < 1.29 is 0 Å². The maximum atomic E-state index is 11.3. The summed E-state index contributed by atoms with van der Waals surface area (Å²) in [6.07, 6.45) is 5.80. The monoisotopic (exact) mass is 407 g/mol. The van der Waals surface area contributed by atoms with Gasteiger partial charge in [-0.3, -0.25) is 14.9 Å². The minimum atomic E-state index is -0.253. The lowest BCUT2D eigenvalue weighted by molar-refractivity contribution is 0.243. The number of likely N-dealkylation sites (tertiary alicyclic amines) is 1. The molecule has 6 nitrogen and oxygen atoms in total. The van der Waals surface area contributed by atoms with Gasteiger partial charge in [-0.2, -0.15) is 5.10 Å². The fourth-order valence-corrected chi connectivity index (χ4v) is 4.65. The van der Waals surface area contributed by atoms with Gasteiger partial charge in [-0.1, -0.05) is 29.3 Å². The highest BCUT2D eigenvalue weighted by molar-refractivity contribution is 6.30. The lowest BCUT2D eigenvalue weighted by Crippen LogP contribution is -2.31. The smallest absolute Gasteiger partial charge is 0.295 e. The molecule has 1 aliphatic heterocycles. The molecule has 5 rings (SSSR count). The second-order valence-corrected chi connectivity index (χ2v) is 8.13. The average Bonchev–Trinajstić information content (AvgIpc) is 3.06. The quantitative estimate of drug-likeness (QED) is 0.683. The highest BCUT2D eigenvalue weighted by atomic mass is 35.5. The van der Waals surface area contributed by atoms with Crippen molar-refractivity contribution in [2.24, 2.45) is 0 Å². The van der Waals surface area contributed by atoms with Gasteiger partial charge >= 0.3 is 5.69 Å². The van der Waals surface area contributed by atoms with Crippen LogP contribution >= 0.6 is 11.6 Å². The highest BCUT2D eigenvalue weighted by Gasteiger charge is 2.25. The number of benzene rings is 1. The molecule has 1 aliphatic carbocycles. The Bertz CT molecular complexity index is 1140. The topological polar surface area (TPSA) is 77.7 Å². The summed E-state index contributed by atoms with van der Waals surface area (Å²) in [4.78, 5) is 21.1. The molecule has 0 amide bonds. The first-order valence-corrected chi connectivity index (χ1v) is 10.4. The van der Waals surface area contributed by atoms with E-state index in [0.29, 0.717) is 12.4 Å². The molecule has 0 atom stereocenters. The molecule has 2 aliphatic rings. The van der Waals surface area contributed by atoms with Crippen LogP contribution in [0.2, 0.25) is 5.02 Å². The molecule has 7 heteroatoms. The van der Waals surface area contributed by atoms with E-state index in [4.69, 9.17) is 16.6 Å². The number of halogens is 1. The van der Waals surface area contributed by atoms with Gasteiger partial charge in [-0.25, -0.2) is 9.89 Å². The van der Waals surface area contributed by atoms with Gasteiger partial charge < -0.3 is 0 Å². The Labute approximate surface area is 173 Å². The van der Waals surface area contributed by atoms with Gasteiger partial charge in [0.25, 0.3) is 0 Å². The number of nitrogens with one attached hydrogen (secondary N) is 2. The van der Waals surface area contributed by atoms with Gasteiger partial charge in [0.2, 0.25) is 0 Å². The second-order valence-electron chi connectivity index (χ2n) is 7.69. The standard InChI is InChI=1S/C22H22ClN5O/c23-17-5-6-18-16(12-17)4-3-15-2-1-9-24-21(15)20(18)14-7-10-28(11-8-14)13-19-25-22(29)27-26-19/h1-2,5-6,9,12H,3-4,7-8,10-11,13H2,(H2,25,26,27,29). The zero-order chi connectivity index (χ0) is 19.8. The van der Waals surface area contributed by atoms with Crippen molar-refractivity contribution in [2.45, 2.75) is 32.2 Å². The first-order valence-electron chi connectivity index (χ1n) is 9.98. The normalized spacial score (nSPS) is 17.0. The average molecular weight is 408 g/mol.